The molecule has 1 aromatic carbocycles. The minimum atomic E-state index is 0.0610. The summed E-state index contributed by atoms with van der Waals surface area (Å²) in [5.74, 6) is 0.0610. The first-order valence-electron chi connectivity index (χ1n) is 5.93. The number of rotatable bonds is 2. The molecular formula is C13H16N4O. The summed E-state index contributed by atoms with van der Waals surface area (Å²) in [7, 11) is 1.74. The summed E-state index contributed by atoms with van der Waals surface area (Å²) < 4.78 is 0. The van der Waals surface area contributed by atoms with Gasteiger partial charge in [0.15, 0.2) is 0 Å². The summed E-state index contributed by atoms with van der Waals surface area (Å²) in [6, 6.07) is 7.51. The molecule has 2 rings (SSSR count). The van der Waals surface area contributed by atoms with E-state index < -0.39 is 0 Å². The fourth-order valence-corrected chi connectivity index (χ4v) is 2.17. The zero-order valence-electron chi connectivity index (χ0n) is 10.4. The van der Waals surface area contributed by atoms with Crippen LogP contribution in [0.3, 0.4) is 0 Å². The van der Waals surface area contributed by atoms with Gasteiger partial charge in [-0.2, -0.15) is 5.26 Å². The predicted molar refractivity (Wildman–Crippen MR) is 70.5 cm³/mol. The third-order valence-electron chi connectivity index (χ3n) is 3.18. The highest BCUT2D eigenvalue weighted by molar-refractivity contribution is 5.98. The summed E-state index contributed by atoms with van der Waals surface area (Å²) >= 11 is 0. The number of benzene rings is 1. The van der Waals surface area contributed by atoms with Gasteiger partial charge >= 0.3 is 0 Å². The summed E-state index contributed by atoms with van der Waals surface area (Å²) in [5, 5.41) is 8.94. The molecular weight excluding hydrogens is 228 g/mol. The Morgan fingerprint density at radius 1 is 1.44 bits per heavy atom. The lowest BCUT2D eigenvalue weighted by molar-refractivity contribution is -0.118. The average molecular weight is 244 g/mol. The van der Waals surface area contributed by atoms with Crippen LogP contribution < -0.4 is 15.5 Å². The molecule has 0 radical (unpaired) electrons. The van der Waals surface area contributed by atoms with Gasteiger partial charge in [-0.15, -0.1) is 0 Å². The van der Waals surface area contributed by atoms with Gasteiger partial charge in [-0.05, 0) is 18.2 Å². The van der Waals surface area contributed by atoms with Crippen LogP contribution >= 0.6 is 0 Å². The third kappa shape index (κ3) is 2.15. The highest BCUT2D eigenvalue weighted by Crippen LogP contribution is 2.32. The highest BCUT2D eigenvalue weighted by atomic mass is 16.2. The van der Waals surface area contributed by atoms with Gasteiger partial charge < -0.3 is 15.5 Å². The number of nitrogens with zero attached hydrogens (tertiary/aromatic N) is 3. The van der Waals surface area contributed by atoms with Crippen LogP contribution in [0.1, 0.15) is 12.0 Å². The van der Waals surface area contributed by atoms with Crippen LogP contribution in [0, 0.1) is 11.3 Å². The molecule has 0 bridgehead atoms. The first-order valence-corrected chi connectivity index (χ1v) is 5.93. The number of anilines is 2. The Bertz CT molecular complexity index is 506. The molecule has 0 saturated heterocycles. The quantitative estimate of drug-likeness (QED) is 0.830. The molecule has 0 atom stereocenters. The Kier molecular flexibility index (Phi) is 3.49. The Balaban J connectivity index is 2.50. The van der Waals surface area contributed by atoms with Gasteiger partial charge in [-0.25, -0.2) is 0 Å². The van der Waals surface area contributed by atoms with E-state index in [2.05, 4.69) is 11.0 Å². The molecule has 1 aromatic rings. The molecule has 1 heterocycles. The second-order valence-electron chi connectivity index (χ2n) is 4.29. The normalized spacial score (nSPS) is 15.1. The molecule has 18 heavy (non-hydrogen) atoms. The van der Waals surface area contributed by atoms with E-state index in [1.54, 1.807) is 24.1 Å². The molecule has 5 nitrogen and oxygen atoms in total. The molecule has 0 unspecified atom stereocenters. The molecule has 5 heteroatoms. The van der Waals surface area contributed by atoms with Crippen LogP contribution in [0.2, 0.25) is 0 Å². The van der Waals surface area contributed by atoms with E-state index >= 15 is 0 Å². The molecule has 1 amide bonds. The molecule has 0 aromatic heterocycles. The lowest BCUT2D eigenvalue weighted by atomic mass is 10.1. The number of carbonyl (C=O) groups is 1. The number of nitriles is 1. The second-order valence-corrected chi connectivity index (χ2v) is 4.29. The van der Waals surface area contributed by atoms with Crippen molar-refractivity contribution in [2.24, 2.45) is 5.73 Å². The molecule has 0 fully saturated rings. The van der Waals surface area contributed by atoms with E-state index in [9.17, 15) is 4.79 Å². The van der Waals surface area contributed by atoms with Crippen LogP contribution in [0.15, 0.2) is 18.2 Å². The zero-order chi connectivity index (χ0) is 13.1. The summed E-state index contributed by atoms with van der Waals surface area (Å²) in [4.78, 5) is 15.6. The van der Waals surface area contributed by atoms with Crippen molar-refractivity contribution in [1.82, 2.24) is 0 Å². The Morgan fingerprint density at radius 2 is 2.22 bits per heavy atom. The minimum absolute atomic E-state index is 0.0610. The number of amides is 1. The second kappa shape index (κ2) is 5.07. The third-order valence-corrected chi connectivity index (χ3v) is 3.18. The SMILES string of the molecule is CN1C(=O)CCN(CCN)c2ccc(C#N)cc21. The first kappa shape index (κ1) is 12.4. The maximum atomic E-state index is 11.9. The molecule has 1 aliphatic rings. The molecule has 1 aliphatic heterocycles. The summed E-state index contributed by atoms with van der Waals surface area (Å²) in [6.45, 7) is 1.91. The lowest BCUT2D eigenvalue weighted by Gasteiger charge is -2.24. The van der Waals surface area contributed by atoms with Gasteiger partial charge in [-0.1, -0.05) is 0 Å². The monoisotopic (exact) mass is 244 g/mol. The summed E-state index contributed by atoms with van der Waals surface area (Å²) in [5.41, 5.74) is 7.91. The van der Waals surface area contributed by atoms with Crippen molar-refractivity contribution < 1.29 is 4.79 Å². The maximum absolute atomic E-state index is 11.9. The van der Waals surface area contributed by atoms with Crippen molar-refractivity contribution in [2.75, 3.05) is 36.5 Å². The smallest absolute Gasteiger partial charge is 0.228 e. The van der Waals surface area contributed by atoms with E-state index in [0.29, 0.717) is 31.6 Å². The van der Waals surface area contributed by atoms with Crippen molar-refractivity contribution in [3.05, 3.63) is 23.8 Å². The lowest BCUT2D eigenvalue weighted by Crippen LogP contribution is -2.30. The molecule has 0 saturated carbocycles. The van der Waals surface area contributed by atoms with Gasteiger partial charge in [0.05, 0.1) is 23.0 Å². The van der Waals surface area contributed by atoms with Crippen molar-refractivity contribution in [3.8, 4) is 6.07 Å². The zero-order valence-corrected chi connectivity index (χ0v) is 10.4. The standard InChI is InChI=1S/C13H16N4O/c1-16-12-8-10(9-15)2-3-11(12)17(7-5-14)6-4-13(16)18/h2-3,8H,4-7,14H2,1H3. The van der Waals surface area contributed by atoms with Crippen LogP contribution in [-0.4, -0.2) is 32.6 Å². The number of fused-ring (bicyclic) bond motifs is 1. The van der Waals surface area contributed by atoms with Gasteiger partial charge in [0.1, 0.15) is 0 Å². The molecule has 0 spiro atoms. The Morgan fingerprint density at radius 3 is 2.89 bits per heavy atom. The maximum Gasteiger partial charge on any atom is 0.228 e. The van der Waals surface area contributed by atoms with Crippen molar-refractivity contribution in [3.63, 3.8) is 0 Å². The van der Waals surface area contributed by atoms with Crippen molar-refractivity contribution in [1.29, 1.82) is 5.26 Å². The van der Waals surface area contributed by atoms with Gasteiger partial charge in [0, 0.05) is 33.1 Å². The number of hydrogen-bond donors (Lipinski definition) is 1. The minimum Gasteiger partial charge on any atom is -0.368 e. The average Bonchev–Trinajstić information content (AvgIpc) is 2.51. The molecule has 2 N–H and O–H groups in total. The molecule has 0 aliphatic carbocycles. The van der Waals surface area contributed by atoms with Crippen LogP contribution in [0.4, 0.5) is 11.4 Å². The number of nitrogens with two attached hydrogens (primary N) is 1. The van der Waals surface area contributed by atoms with Crippen LogP contribution in [0.5, 0.6) is 0 Å². The fraction of sp³-hybridized carbons (Fsp3) is 0.385. The summed E-state index contributed by atoms with van der Waals surface area (Å²) in [6.07, 6.45) is 0.465. The van der Waals surface area contributed by atoms with Crippen LogP contribution in [-0.2, 0) is 4.79 Å². The van der Waals surface area contributed by atoms with E-state index in [1.807, 2.05) is 6.07 Å². The topological polar surface area (TPSA) is 73.4 Å². The van der Waals surface area contributed by atoms with Gasteiger partial charge in [0.25, 0.3) is 0 Å². The number of hydrogen-bond acceptors (Lipinski definition) is 4. The first-order chi connectivity index (χ1) is 8.67. The fourth-order valence-electron chi connectivity index (χ4n) is 2.17. The van der Waals surface area contributed by atoms with Gasteiger partial charge in [-0.3, -0.25) is 4.79 Å². The molecule has 94 valence electrons. The van der Waals surface area contributed by atoms with Crippen molar-refractivity contribution >= 4 is 17.3 Å². The van der Waals surface area contributed by atoms with Gasteiger partial charge in [0.2, 0.25) is 5.91 Å². The van der Waals surface area contributed by atoms with E-state index in [-0.39, 0.29) is 5.91 Å². The largest absolute Gasteiger partial charge is 0.368 e. The van der Waals surface area contributed by atoms with E-state index in [1.165, 1.54) is 0 Å². The van der Waals surface area contributed by atoms with Crippen LogP contribution in [0.25, 0.3) is 0 Å². The van der Waals surface area contributed by atoms with Crippen molar-refractivity contribution in [2.45, 2.75) is 6.42 Å². The highest BCUT2D eigenvalue weighted by Gasteiger charge is 2.23. The predicted octanol–water partition coefficient (Wildman–Crippen LogP) is 0.690. The van der Waals surface area contributed by atoms with E-state index in [4.69, 9.17) is 11.0 Å². The Labute approximate surface area is 106 Å². The number of carbonyl (C=O) groups excluding carboxylic acids is 1. The Hall–Kier alpha value is -2.06. The van der Waals surface area contributed by atoms with E-state index in [0.717, 1.165) is 11.4 Å².